The summed E-state index contributed by atoms with van der Waals surface area (Å²) in [4.78, 5) is 22.5. The van der Waals surface area contributed by atoms with Crippen LogP contribution in [0.3, 0.4) is 0 Å². The predicted molar refractivity (Wildman–Crippen MR) is 115 cm³/mol. The van der Waals surface area contributed by atoms with Crippen LogP contribution in [0.1, 0.15) is 29.5 Å². The Morgan fingerprint density at radius 3 is 2.48 bits per heavy atom. The molecule has 0 N–H and O–H groups in total. The molecule has 5 nitrogen and oxygen atoms in total. The normalized spacial score (nSPS) is 17.2. The number of aromatic nitrogens is 1. The molecule has 0 atom stereocenters. The van der Waals surface area contributed by atoms with E-state index in [4.69, 9.17) is 0 Å². The highest BCUT2D eigenvalue weighted by atomic mass is 19.1. The van der Waals surface area contributed by atoms with Gasteiger partial charge in [-0.1, -0.05) is 18.7 Å². The Balaban J connectivity index is 1.43. The van der Waals surface area contributed by atoms with Gasteiger partial charge in [0.25, 0.3) is 0 Å². The molecule has 29 heavy (non-hydrogen) atoms. The van der Waals surface area contributed by atoms with Crippen LogP contribution in [0.4, 0.5) is 15.9 Å². The molecular weight excluding hydrogens is 367 g/mol. The third-order valence-corrected chi connectivity index (χ3v) is 5.79. The lowest BCUT2D eigenvalue weighted by Gasteiger charge is -2.38. The zero-order chi connectivity index (χ0) is 20.5. The van der Waals surface area contributed by atoms with E-state index < -0.39 is 0 Å². The molecule has 2 aliphatic rings. The summed E-state index contributed by atoms with van der Waals surface area (Å²) in [6.07, 6.45) is 3.18. The topological polar surface area (TPSA) is 39.7 Å². The van der Waals surface area contributed by atoms with Gasteiger partial charge >= 0.3 is 0 Å². The number of halogens is 1. The van der Waals surface area contributed by atoms with Crippen molar-refractivity contribution in [2.75, 3.05) is 42.5 Å². The van der Waals surface area contributed by atoms with Crippen LogP contribution in [0, 0.1) is 19.7 Å². The van der Waals surface area contributed by atoms with Gasteiger partial charge in [-0.3, -0.25) is 4.79 Å². The Bertz CT molecular complexity index is 950. The van der Waals surface area contributed by atoms with E-state index in [0.29, 0.717) is 18.7 Å². The zero-order valence-corrected chi connectivity index (χ0v) is 17.1. The second kappa shape index (κ2) is 7.85. The fraction of sp³-hybridized carbons (Fsp3) is 0.391. The fourth-order valence-corrected chi connectivity index (χ4v) is 4.22. The van der Waals surface area contributed by atoms with Gasteiger partial charge in [0, 0.05) is 56.6 Å². The molecule has 1 amide bonds. The van der Waals surface area contributed by atoms with E-state index in [0.717, 1.165) is 49.7 Å². The van der Waals surface area contributed by atoms with Crippen molar-refractivity contribution in [3.63, 3.8) is 0 Å². The summed E-state index contributed by atoms with van der Waals surface area (Å²) < 4.78 is 14.7. The zero-order valence-electron chi connectivity index (χ0n) is 17.1. The van der Waals surface area contributed by atoms with Gasteiger partial charge in [0.2, 0.25) is 5.91 Å². The molecule has 0 radical (unpaired) electrons. The summed E-state index contributed by atoms with van der Waals surface area (Å²) in [5.41, 5.74) is 4.30. The highest BCUT2D eigenvalue weighted by Crippen LogP contribution is 2.29. The number of carbonyl (C=O) groups excluding carboxylic acids is 1. The number of piperazine rings is 1. The molecule has 0 spiro atoms. The molecule has 3 heterocycles. The van der Waals surface area contributed by atoms with Crippen molar-refractivity contribution < 1.29 is 9.18 Å². The summed E-state index contributed by atoms with van der Waals surface area (Å²) in [6, 6.07) is 7.23. The smallest absolute Gasteiger partial charge is 0.227 e. The van der Waals surface area contributed by atoms with Crippen molar-refractivity contribution in [1.29, 1.82) is 0 Å². The van der Waals surface area contributed by atoms with E-state index >= 15 is 0 Å². The summed E-state index contributed by atoms with van der Waals surface area (Å²) in [6.45, 7) is 12.2. The van der Waals surface area contributed by atoms with Crippen LogP contribution in [-0.2, 0) is 4.79 Å². The molecule has 4 rings (SSSR count). The first-order chi connectivity index (χ1) is 13.9. The lowest BCUT2D eigenvalue weighted by molar-refractivity contribution is -0.117. The van der Waals surface area contributed by atoms with Crippen LogP contribution < -0.4 is 9.80 Å². The maximum Gasteiger partial charge on any atom is 0.227 e. The number of nitrogens with zero attached hydrogens (tertiary/aromatic N) is 4. The monoisotopic (exact) mass is 394 g/mol. The average Bonchev–Trinajstić information content (AvgIpc) is 3.13. The van der Waals surface area contributed by atoms with Gasteiger partial charge in [-0.15, -0.1) is 0 Å². The minimum Gasteiger partial charge on any atom is -0.368 e. The molecule has 2 aromatic rings. The first-order valence-corrected chi connectivity index (χ1v) is 10.2. The van der Waals surface area contributed by atoms with E-state index in [1.165, 1.54) is 22.1 Å². The molecule has 1 aromatic heterocycles. The van der Waals surface area contributed by atoms with E-state index in [2.05, 4.69) is 41.3 Å². The summed E-state index contributed by atoms with van der Waals surface area (Å²) >= 11 is 0. The summed E-state index contributed by atoms with van der Waals surface area (Å²) in [5, 5.41) is 0. The van der Waals surface area contributed by atoms with Crippen molar-refractivity contribution in [2.45, 2.75) is 26.7 Å². The van der Waals surface area contributed by atoms with Crippen LogP contribution >= 0.6 is 0 Å². The van der Waals surface area contributed by atoms with E-state index in [1.807, 2.05) is 12.3 Å². The minimum absolute atomic E-state index is 0.00777. The molecule has 6 heteroatoms. The van der Waals surface area contributed by atoms with E-state index in [1.54, 1.807) is 6.07 Å². The van der Waals surface area contributed by atoms with E-state index in [9.17, 15) is 9.18 Å². The lowest BCUT2D eigenvalue weighted by atomic mass is 10.1. The first kappa shape index (κ1) is 19.4. The number of benzene rings is 1. The van der Waals surface area contributed by atoms with Gasteiger partial charge < -0.3 is 14.7 Å². The largest absolute Gasteiger partial charge is 0.368 e. The van der Waals surface area contributed by atoms with Gasteiger partial charge in [-0.05, 0) is 43.5 Å². The molecule has 2 aliphatic heterocycles. The molecule has 0 aliphatic carbocycles. The SMILES string of the molecule is C=C(c1ccc(N2CCCC2=O)c(F)c1)N1CCN(c2ncc(C)cc2C)CC1. The Kier molecular flexibility index (Phi) is 5.26. The standard InChI is InChI=1S/C23H27FN4O/c1-16-13-17(2)23(25-15-16)27-11-9-26(10-12-27)18(3)19-6-7-21(20(24)14-19)28-8-4-5-22(28)29/h6-7,13-15H,3-5,8-12H2,1-2H3. The van der Waals surface area contributed by atoms with Crippen LogP contribution in [-0.4, -0.2) is 48.5 Å². The van der Waals surface area contributed by atoms with Crippen molar-refractivity contribution in [3.8, 4) is 0 Å². The van der Waals surface area contributed by atoms with Gasteiger partial charge in [0.05, 0.1) is 5.69 Å². The molecule has 152 valence electrons. The molecule has 2 fully saturated rings. The van der Waals surface area contributed by atoms with Gasteiger partial charge in [0.15, 0.2) is 0 Å². The number of anilines is 2. The van der Waals surface area contributed by atoms with Crippen molar-refractivity contribution in [1.82, 2.24) is 9.88 Å². The number of aryl methyl sites for hydroxylation is 2. The van der Waals surface area contributed by atoms with Crippen LogP contribution in [0.5, 0.6) is 0 Å². The number of hydrogen-bond donors (Lipinski definition) is 0. The van der Waals surface area contributed by atoms with Crippen LogP contribution in [0.15, 0.2) is 37.0 Å². The Hall–Kier alpha value is -2.89. The second-order valence-corrected chi connectivity index (χ2v) is 7.89. The van der Waals surface area contributed by atoms with Crippen molar-refractivity contribution in [3.05, 3.63) is 59.5 Å². The molecular formula is C23H27FN4O. The number of amides is 1. The molecule has 0 unspecified atom stereocenters. The van der Waals surface area contributed by atoms with E-state index in [-0.39, 0.29) is 11.7 Å². The van der Waals surface area contributed by atoms with Crippen LogP contribution in [0.25, 0.3) is 5.70 Å². The highest BCUT2D eigenvalue weighted by molar-refractivity contribution is 5.95. The molecule has 1 aromatic carbocycles. The van der Waals surface area contributed by atoms with Crippen molar-refractivity contribution >= 4 is 23.1 Å². The highest BCUT2D eigenvalue weighted by Gasteiger charge is 2.25. The fourth-order valence-electron chi connectivity index (χ4n) is 4.22. The lowest BCUT2D eigenvalue weighted by Crippen LogP contribution is -2.45. The molecule has 2 saturated heterocycles. The third-order valence-electron chi connectivity index (χ3n) is 5.79. The Labute approximate surface area is 171 Å². The molecule has 0 bridgehead atoms. The number of rotatable bonds is 4. The maximum atomic E-state index is 14.7. The minimum atomic E-state index is -0.364. The summed E-state index contributed by atoms with van der Waals surface area (Å²) in [7, 11) is 0. The Morgan fingerprint density at radius 1 is 1.10 bits per heavy atom. The quantitative estimate of drug-likeness (QED) is 0.792. The third kappa shape index (κ3) is 3.84. The number of hydrogen-bond acceptors (Lipinski definition) is 4. The number of pyridine rings is 1. The number of carbonyl (C=O) groups is 1. The van der Waals surface area contributed by atoms with Crippen molar-refractivity contribution in [2.24, 2.45) is 0 Å². The van der Waals surface area contributed by atoms with Gasteiger partial charge in [-0.2, -0.15) is 0 Å². The van der Waals surface area contributed by atoms with Gasteiger partial charge in [0.1, 0.15) is 11.6 Å². The maximum absolute atomic E-state index is 14.7. The first-order valence-electron chi connectivity index (χ1n) is 10.2. The molecule has 0 saturated carbocycles. The van der Waals surface area contributed by atoms with Crippen LogP contribution in [0.2, 0.25) is 0 Å². The Morgan fingerprint density at radius 2 is 1.86 bits per heavy atom. The average molecular weight is 394 g/mol. The summed E-state index contributed by atoms with van der Waals surface area (Å²) in [5.74, 6) is 0.662. The van der Waals surface area contributed by atoms with Gasteiger partial charge in [-0.25, -0.2) is 9.37 Å². The predicted octanol–water partition coefficient (Wildman–Crippen LogP) is 3.76. The second-order valence-electron chi connectivity index (χ2n) is 7.89.